The molecular weight excluding hydrogens is 480 g/mol. The molecule has 0 aliphatic rings. The van der Waals surface area contributed by atoms with Crippen molar-refractivity contribution in [3.8, 4) is 5.75 Å². The number of benzene rings is 3. The van der Waals surface area contributed by atoms with Crippen LogP contribution in [0.15, 0.2) is 65.1 Å². The molecule has 3 aromatic rings. The molecule has 0 fully saturated rings. The third-order valence-electron chi connectivity index (χ3n) is 5.28. The van der Waals surface area contributed by atoms with Crippen LogP contribution in [-0.4, -0.2) is 34.9 Å². The number of carbonyl (C=O) groups is 2. The lowest BCUT2D eigenvalue weighted by molar-refractivity contribution is -0.142. The third kappa shape index (κ3) is 6.57. The molecule has 2 amide bonds. The van der Waals surface area contributed by atoms with E-state index in [-0.39, 0.29) is 18.4 Å². The molecule has 33 heavy (non-hydrogen) atoms. The Labute approximate surface area is 204 Å². The van der Waals surface area contributed by atoms with E-state index in [4.69, 9.17) is 4.74 Å². The molecule has 1 N–H and O–H groups in total. The quantitative estimate of drug-likeness (QED) is 0.448. The number of carbonyl (C=O) groups excluding carboxylic acids is 2. The summed E-state index contributed by atoms with van der Waals surface area (Å²) in [5, 5.41) is 5.06. The van der Waals surface area contributed by atoms with E-state index in [0.29, 0.717) is 12.3 Å². The monoisotopic (exact) mass is 510 g/mol. The molecule has 0 aliphatic carbocycles. The fourth-order valence-electron chi connectivity index (χ4n) is 3.61. The summed E-state index contributed by atoms with van der Waals surface area (Å²) in [4.78, 5) is 27.8. The van der Waals surface area contributed by atoms with Gasteiger partial charge in [0.1, 0.15) is 11.8 Å². The van der Waals surface area contributed by atoms with Gasteiger partial charge in [-0.15, -0.1) is 0 Å². The lowest BCUT2D eigenvalue weighted by atomic mass is 10.1. The number of aryl methyl sites for hydroxylation is 1. The average molecular weight is 511 g/mol. The summed E-state index contributed by atoms with van der Waals surface area (Å²) < 4.78 is 6.71. The molecule has 0 bridgehead atoms. The second-order valence-corrected chi connectivity index (χ2v) is 10.1. The maximum absolute atomic E-state index is 13.3. The predicted molar refractivity (Wildman–Crippen MR) is 136 cm³/mol. The molecule has 0 saturated heterocycles. The third-order valence-corrected chi connectivity index (χ3v) is 6.10. The van der Waals surface area contributed by atoms with E-state index in [1.54, 1.807) is 11.8 Å². The van der Waals surface area contributed by atoms with E-state index in [0.717, 1.165) is 26.4 Å². The van der Waals surface area contributed by atoms with Crippen molar-refractivity contribution in [2.24, 2.45) is 0 Å². The summed E-state index contributed by atoms with van der Waals surface area (Å²) in [5.41, 5.74) is 1.67. The van der Waals surface area contributed by atoms with Gasteiger partial charge in [-0.25, -0.2) is 0 Å². The zero-order valence-electron chi connectivity index (χ0n) is 19.8. The molecule has 6 heteroatoms. The van der Waals surface area contributed by atoms with E-state index in [1.165, 1.54) is 0 Å². The highest BCUT2D eigenvalue weighted by Crippen LogP contribution is 2.33. The van der Waals surface area contributed by atoms with Crippen LogP contribution < -0.4 is 10.1 Å². The fraction of sp³-hybridized carbons (Fsp3) is 0.333. The minimum atomic E-state index is -0.652. The second-order valence-electron chi connectivity index (χ2n) is 9.31. The molecule has 0 radical (unpaired) electrons. The standard InChI is InChI=1S/C27H31BrN2O3/c1-18-9-8-10-20(15-18)16-30(19(2)26(32)29-27(3,4)5)24(31)17-33-23-14-13-21-11-6-7-12-22(21)25(23)28/h6-15,19H,16-17H2,1-5H3,(H,29,32)/t19-/m0/s1. The molecule has 5 nitrogen and oxygen atoms in total. The molecule has 0 aliphatic heterocycles. The van der Waals surface area contributed by atoms with Crippen LogP contribution in [-0.2, 0) is 16.1 Å². The number of nitrogens with one attached hydrogen (secondary N) is 1. The highest BCUT2D eigenvalue weighted by atomic mass is 79.9. The molecule has 174 valence electrons. The topological polar surface area (TPSA) is 58.6 Å². The number of rotatable bonds is 7. The van der Waals surface area contributed by atoms with Gasteiger partial charge in [0.15, 0.2) is 6.61 Å². The minimum absolute atomic E-state index is 0.171. The van der Waals surface area contributed by atoms with Crippen molar-refractivity contribution in [3.05, 3.63) is 76.3 Å². The number of hydrogen-bond acceptors (Lipinski definition) is 3. The Balaban J connectivity index is 1.81. The van der Waals surface area contributed by atoms with Crippen molar-refractivity contribution in [3.63, 3.8) is 0 Å². The van der Waals surface area contributed by atoms with E-state index < -0.39 is 11.6 Å². The Morgan fingerprint density at radius 2 is 1.79 bits per heavy atom. The Morgan fingerprint density at radius 1 is 1.06 bits per heavy atom. The molecule has 0 spiro atoms. The minimum Gasteiger partial charge on any atom is -0.483 e. The van der Waals surface area contributed by atoms with Gasteiger partial charge in [0.25, 0.3) is 5.91 Å². The first-order chi connectivity index (χ1) is 15.5. The largest absolute Gasteiger partial charge is 0.483 e. The van der Waals surface area contributed by atoms with Crippen LogP contribution in [0.2, 0.25) is 0 Å². The van der Waals surface area contributed by atoms with Crippen LogP contribution in [0.25, 0.3) is 10.8 Å². The maximum atomic E-state index is 13.3. The van der Waals surface area contributed by atoms with E-state index in [2.05, 4.69) is 21.2 Å². The SMILES string of the molecule is Cc1cccc(CN(C(=O)COc2ccc3ccccc3c2Br)[C@@H](C)C(=O)NC(C)(C)C)c1. The first kappa shape index (κ1) is 24.8. The highest BCUT2D eigenvalue weighted by Gasteiger charge is 2.28. The summed E-state index contributed by atoms with van der Waals surface area (Å²) in [6.07, 6.45) is 0. The van der Waals surface area contributed by atoms with Gasteiger partial charge in [-0.1, -0.05) is 60.2 Å². The van der Waals surface area contributed by atoms with Gasteiger partial charge < -0.3 is 15.0 Å². The predicted octanol–water partition coefficient (Wildman–Crippen LogP) is 5.62. The summed E-state index contributed by atoms with van der Waals surface area (Å²) >= 11 is 3.60. The van der Waals surface area contributed by atoms with Gasteiger partial charge >= 0.3 is 0 Å². The number of fused-ring (bicyclic) bond motifs is 1. The van der Waals surface area contributed by atoms with E-state index >= 15 is 0 Å². The summed E-state index contributed by atoms with van der Waals surface area (Å²) in [5.74, 6) is 0.132. The van der Waals surface area contributed by atoms with Crippen LogP contribution in [0.1, 0.15) is 38.8 Å². The zero-order chi connectivity index (χ0) is 24.2. The maximum Gasteiger partial charge on any atom is 0.261 e. The van der Waals surface area contributed by atoms with Gasteiger partial charge in [0.05, 0.1) is 4.47 Å². The summed E-state index contributed by atoms with van der Waals surface area (Å²) in [7, 11) is 0. The van der Waals surface area contributed by atoms with Crippen molar-refractivity contribution >= 4 is 38.5 Å². The van der Waals surface area contributed by atoms with Gasteiger partial charge in [-0.2, -0.15) is 0 Å². The number of halogens is 1. The zero-order valence-corrected chi connectivity index (χ0v) is 21.4. The average Bonchev–Trinajstić information content (AvgIpc) is 2.75. The molecular formula is C27H31BrN2O3. The second kappa shape index (κ2) is 10.4. The molecule has 3 rings (SSSR count). The lowest BCUT2D eigenvalue weighted by Gasteiger charge is -2.31. The number of hydrogen-bond donors (Lipinski definition) is 1. The van der Waals surface area contributed by atoms with Crippen LogP contribution in [0.5, 0.6) is 5.75 Å². The van der Waals surface area contributed by atoms with Gasteiger partial charge in [-0.05, 0) is 73.0 Å². The first-order valence-electron chi connectivity index (χ1n) is 11.0. The number of ether oxygens (including phenoxy) is 1. The van der Waals surface area contributed by atoms with Crippen LogP contribution in [0.4, 0.5) is 0 Å². The van der Waals surface area contributed by atoms with Crippen LogP contribution in [0.3, 0.4) is 0 Å². The lowest BCUT2D eigenvalue weighted by Crippen LogP contribution is -2.53. The van der Waals surface area contributed by atoms with E-state index in [1.807, 2.05) is 88.4 Å². The molecule has 0 aromatic heterocycles. The van der Waals surface area contributed by atoms with Gasteiger partial charge in [-0.3, -0.25) is 9.59 Å². The molecule has 0 heterocycles. The molecule has 0 saturated carbocycles. The normalized spacial score (nSPS) is 12.3. The first-order valence-corrected chi connectivity index (χ1v) is 11.8. The Hall–Kier alpha value is -2.86. The smallest absolute Gasteiger partial charge is 0.261 e. The van der Waals surface area contributed by atoms with Crippen molar-refractivity contribution in [2.75, 3.05) is 6.61 Å². The Morgan fingerprint density at radius 3 is 2.48 bits per heavy atom. The fourth-order valence-corrected chi connectivity index (χ4v) is 4.22. The van der Waals surface area contributed by atoms with Crippen molar-refractivity contribution < 1.29 is 14.3 Å². The van der Waals surface area contributed by atoms with E-state index in [9.17, 15) is 9.59 Å². The molecule has 3 aromatic carbocycles. The van der Waals surface area contributed by atoms with Crippen molar-refractivity contribution in [1.82, 2.24) is 10.2 Å². The van der Waals surface area contributed by atoms with Crippen molar-refractivity contribution in [1.29, 1.82) is 0 Å². The number of amides is 2. The Kier molecular flexibility index (Phi) is 7.80. The van der Waals surface area contributed by atoms with Gasteiger partial charge in [0.2, 0.25) is 5.91 Å². The summed E-state index contributed by atoms with van der Waals surface area (Å²) in [6.45, 7) is 9.67. The number of nitrogens with zero attached hydrogens (tertiary/aromatic N) is 1. The van der Waals surface area contributed by atoms with Crippen molar-refractivity contribution in [2.45, 2.75) is 52.7 Å². The molecule has 0 unspecified atom stereocenters. The molecule has 1 atom stereocenters. The highest BCUT2D eigenvalue weighted by molar-refractivity contribution is 9.10. The van der Waals surface area contributed by atoms with Crippen LogP contribution >= 0.6 is 15.9 Å². The van der Waals surface area contributed by atoms with Gasteiger partial charge in [0, 0.05) is 12.1 Å². The van der Waals surface area contributed by atoms with Crippen LogP contribution in [0, 0.1) is 6.92 Å². The Bertz CT molecular complexity index is 1150. The summed E-state index contributed by atoms with van der Waals surface area (Å²) in [6, 6.07) is 19.1.